The molecule has 0 aromatic heterocycles. The van der Waals surface area contributed by atoms with Gasteiger partial charge in [-0.25, -0.2) is 0 Å². The zero-order valence-electron chi connectivity index (χ0n) is 13.5. The molecule has 126 valence electrons. The van der Waals surface area contributed by atoms with E-state index >= 15 is 0 Å². The van der Waals surface area contributed by atoms with Crippen molar-refractivity contribution in [3.8, 4) is 0 Å². The van der Waals surface area contributed by atoms with Gasteiger partial charge < -0.3 is 15.2 Å². The highest BCUT2D eigenvalue weighted by atomic mass is 16.5. The van der Waals surface area contributed by atoms with E-state index in [0.29, 0.717) is 6.42 Å². The third-order valence-corrected chi connectivity index (χ3v) is 3.74. The van der Waals surface area contributed by atoms with Crippen molar-refractivity contribution in [1.29, 1.82) is 0 Å². The van der Waals surface area contributed by atoms with Crippen molar-refractivity contribution in [3.05, 3.63) is 71.8 Å². The second-order valence-corrected chi connectivity index (χ2v) is 5.43. The molecule has 1 amide bonds. The van der Waals surface area contributed by atoms with Gasteiger partial charge >= 0.3 is 5.97 Å². The minimum absolute atomic E-state index is 0.0250. The van der Waals surface area contributed by atoms with E-state index in [0.717, 1.165) is 11.1 Å². The van der Waals surface area contributed by atoms with E-state index in [4.69, 9.17) is 9.84 Å². The number of amides is 1. The molecule has 5 nitrogen and oxygen atoms in total. The third-order valence-electron chi connectivity index (χ3n) is 3.74. The van der Waals surface area contributed by atoms with Gasteiger partial charge in [0.15, 0.2) is 6.10 Å². The molecule has 24 heavy (non-hydrogen) atoms. The molecule has 2 atom stereocenters. The van der Waals surface area contributed by atoms with Crippen LogP contribution in [0.4, 0.5) is 0 Å². The first kappa shape index (κ1) is 17.7. The summed E-state index contributed by atoms with van der Waals surface area (Å²) in [6.45, 7) is 0. The summed E-state index contributed by atoms with van der Waals surface area (Å²) in [6.07, 6.45) is -0.443. The van der Waals surface area contributed by atoms with E-state index in [2.05, 4.69) is 5.32 Å². The highest BCUT2D eigenvalue weighted by molar-refractivity contribution is 5.82. The lowest BCUT2D eigenvalue weighted by molar-refractivity contribution is -0.138. The molecule has 0 aliphatic heterocycles. The van der Waals surface area contributed by atoms with Gasteiger partial charge in [0.25, 0.3) is 5.91 Å². The average molecular weight is 327 g/mol. The summed E-state index contributed by atoms with van der Waals surface area (Å²) < 4.78 is 5.33. The molecule has 0 saturated carbocycles. The number of ether oxygens (including phenoxy) is 1. The van der Waals surface area contributed by atoms with Crippen molar-refractivity contribution < 1.29 is 19.4 Å². The Kier molecular flexibility index (Phi) is 6.51. The van der Waals surface area contributed by atoms with Crippen molar-refractivity contribution >= 4 is 11.9 Å². The molecule has 2 aromatic rings. The van der Waals surface area contributed by atoms with Gasteiger partial charge in [0.05, 0.1) is 6.04 Å². The van der Waals surface area contributed by atoms with Crippen LogP contribution < -0.4 is 5.32 Å². The van der Waals surface area contributed by atoms with Gasteiger partial charge in [0.2, 0.25) is 0 Å². The van der Waals surface area contributed by atoms with Crippen LogP contribution in [0.15, 0.2) is 60.7 Å². The van der Waals surface area contributed by atoms with E-state index in [1.807, 2.05) is 60.7 Å². The third kappa shape index (κ3) is 4.93. The Labute approximate surface area is 141 Å². The van der Waals surface area contributed by atoms with Gasteiger partial charge in [-0.1, -0.05) is 60.7 Å². The summed E-state index contributed by atoms with van der Waals surface area (Å²) in [5.74, 6) is -1.18. The normalized spacial score (nSPS) is 13.0. The van der Waals surface area contributed by atoms with E-state index in [1.165, 1.54) is 7.11 Å². The molecule has 2 rings (SSSR count). The van der Waals surface area contributed by atoms with Crippen molar-refractivity contribution in [2.45, 2.75) is 25.0 Å². The molecule has 0 spiro atoms. The fraction of sp³-hybridized carbons (Fsp3) is 0.263. The van der Waals surface area contributed by atoms with Crippen LogP contribution in [0.5, 0.6) is 0 Å². The maximum Gasteiger partial charge on any atom is 0.303 e. The number of carboxylic acid groups (broad SMARTS) is 1. The lowest BCUT2D eigenvalue weighted by Crippen LogP contribution is -2.34. The second-order valence-electron chi connectivity index (χ2n) is 5.43. The van der Waals surface area contributed by atoms with Crippen LogP contribution in [0.25, 0.3) is 0 Å². The molecular formula is C19H21NO4. The van der Waals surface area contributed by atoms with Gasteiger partial charge in [0, 0.05) is 13.5 Å². The summed E-state index contributed by atoms with van der Waals surface area (Å²) in [5, 5.41) is 11.9. The number of carbonyl (C=O) groups excluding carboxylic acids is 1. The minimum atomic E-state index is -0.892. The predicted molar refractivity (Wildman–Crippen MR) is 90.4 cm³/mol. The average Bonchev–Trinajstić information content (AvgIpc) is 2.61. The topological polar surface area (TPSA) is 75.6 Å². The second kappa shape index (κ2) is 8.84. The molecule has 0 radical (unpaired) electrons. The Morgan fingerprint density at radius 3 is 2.04 bits per heavy atom. The molecule has 0 heterocycles. The lowest BCUT2D eigenvalue weighted by atomic mass is 10.0. The number of carbonyl (C=O) groups is 2. The first-order chi connectivity index (χ1) is 11.6. The molecule has 0 aliphatic rings. The highest BCUT2D eigenvalue weighted by Gasteiger charge is 2.23. The quantitative estimate of drug-likeness (QED) is 0.781. The van der Waals surface area contributed by atoms with Crippen molar-refractivity contribution in [3.63, 3.8) is 0 Å². The van der Waals surface area contributed by atoms with Crippen LogP contribution in [-0.2, 0) is 14.3 Å². The SMILES string of the molecule is COC(C(=O)NC(CCC(=O)O)c1ccccc1)c1ccccc1. The summed E-state index contributed by atoms with van der Waals surface area (Å²) in [7, 11) is 1.48. The molecule has 0 aliphatic carbocycles. The molecule has 2 N–H and O–H groups in total. The highest BCUT2D eigenvalue weighted by Crippen LogP contribution is 2.22. The number of carboxylic acids is 1. The van der Waals surface area contributed by atoms with Crippen molar-refractivity contribution in [2.24, 2.45) is 0 Å². The van der Waals surface area contributed by atoms with Crippen molar-refractivity contribution in [1.82, 2.24) is 5.32 Å². The van der Waals surface area contributed by atoms with Gasteiger partial charge in [-0.3, -0.25) is 9.59 Å². The van der Waals surface area contributed by atoms with Gasteiger partial charge in [-0.15, -0.1) is 0 Å². The molecule has 0 bridgehead atoms. The molecule has 2 unspecified atom stereocenters. The monoisotopic (exact) mass is 327 g/mol. The zero-order chi connectivity index (χ0) is 17.4. The van der Waals surface area contributed by atoms with Crippen LogP contribution in [0.2, 0.25) is 0 Å². The number of hydrogen-bond donors (Lipinski definition) is 2. The van der Waals surface area contributed by atoms with Crippen LogP contribution in [0.3, 0.4) is 0 Å². The van der Waals surface area contributed by atoms with Crippen LogP contribution in [0, 0.1) is 0 Å². The number of rotatable bonds is 8. The standard InChI is InChI=1S/C19H21NO4/c1-24-18(15-10-6-3-7-11-15)19(23)20-16(12-13-17(21)22)14-8-4-2-5-9-14/h2-11,16,18H,12-13H2,1H3,(H,20,23)(H,21,22). The summed E-state index contributed by atoms with van der Waals surface area (Å²) >= 11 is 0. The molecule has 2 aromatic carbocycles. The Hall–Kier alpha value is -2.66. The van der Waals surface area contributed by atoms with E-state index in [-0.39, 0.29) is 18.4 Å². The smallest absolute Gasteiger partial charge is 0.303 e. The van der Waals surface area contributed by atoms with Crippen molar-refractivity contribution in [2.75, 3.05) is 7.11 Å². The zero-order valence-corrected chi connectivity index (χ0v) is 13.5. The predicted octanol–water partition coefficient (Wildman–Crippen LogP) is 3.10. The molecule has 0 saturated heterocycles. The van der Waals surface area contributed by atoms with Gasteiger partial charge in [-0.2, -0.15) is 0 Å². The Morgan fingerprint density at radius 2 is 1.54 bits per heavy atom. The molecular weight excluding hydrogens is 306 g/mol. The fourth-order valence-corrected chi connectivity index (χ4v) is 2.55. The summed E-state index contributed by atoms with van der Waals surface area (Å²) in [5.41, 5.74) is 1.62. The molecule has 0 fully saturated rings. The van der Waals surface area contributed by atoms with Crippen LogP contribution >= 0.6 is 0 Å². The molecule has 5 heteroatoms. The van der Waals surface area contributed by atoms with Crippen LogP contribution in [0.1, 0.15) is 36.1 Å². The minimum Gasteiger partial charge on any atom is -0.481 e. The largest absolute Gasteiger partial charge is 0.481 e. The number of methoxy groups -OCH3 is 1. The van der Waals surface area contributed by atoms with E-state index < -0.39 is 12.1 Å². The Bertz CT molecular complexity index is 658. The van der Waals surface area contributed by atoms with E-state index in [1.54, 1.807) is 0 Å². The lowest BCUT2D eigenvalue weighted by Gasteiger charge is -2.22. The first-order valence-corrected chi connectivity index (χ1v) is 7.76. The number of benzene rings is 2. The Morgan fingerprint density at radius 1 is 1.00 bits per heavy atom. The van der Waals surface area contributed by atoms with E-state index in [9.17, 15) is 9.59 Å². The fourth-order valence-electron chi connectivity index (χ4n) is 2.55. The number of hydrogen-bond acceptors (Lipinski definition) is 3. The summed E-state index contributed by atoms with van der Waals surface area (Å²) in [6, 6.07) is 18.2. The summed E-state index contributed by atoms with van der Waals surface area (Å²) in [4.78, 5) is 23.5. The van der Waals surface area contributed by atoms with Gasteiger partial charge in [0.1, 0.15) is 0 Å². The number of aliphatic carboxylic acids is 1. The number of nitrogens with one attached hydrogen (secondary N) is 1. The first-order valence-electron chi connectivity index (χ1n) is 7.76. The van der Waals surface area contributed by atoms with Crippen LogP contribution in [-0.4, -0.2) is 24.1 Å². The maximum atomic E-state index is 12.6. The Balaban J connectivity index is 2.15. The van der Waals surface area contributed by atoms with Gasteiger partial charge in [-0.05, 0) is 17.5 Å². The maximum absolute atomic E-state index is 12.6.